The van der Waals surface area contributed by atoms with E-state index in [-0.39, 0.29) is 0 Å². The number of furan rings is 1. The van der Waals surface area contributed by atoms with E-state index in [2.05, 4.69) is 57.3 Å². The van der Waals surface area contributed by atoms with Crippen molar-refractivity contribution in [2.24, 2.45) is 0 Å². The van der Waals surface area contributed by atoms with Crippen LogP contribution in [0.25, 0.3) is 43.7 Å². The Bertz CT molecular complexity index is 1150. The van der Waals surface area contributed by atoms with Crippen molar-refractivity contribution in [3.8, 4) is 0 Å². The van der Waals surface area contributed by atoms with Gasteiger partial charge >= 0.3 is 0 Å². The second kappa shape index (κ2) is 3.89. The van der Waals surface area contributed by atoms with E-state index in [1.165, 1.54) is 10.8 Å². The summed E-state index contributed by atoms with van der Waals surface area (Å²) in [4.78, 5) is 3.55. The number of hydrogen-bond acceptors (Lipinski definition) is 1. The van der Waals surface area contributed by atoms with Crippen LogP contribution in [0.2, 0.25) is 0 Å². The van der Waals surface area contributed by atoms with Crippen molar-refractivity contribution in [1.29, 1.82) is 0 Å². The molecule has 0 spiro atoms. The summed E-state index contributed by atoms with van der Waals surface area (Å²) in [5, 5.41) is 4.74. The molecule has 0 saturated carbocycles. The zero-order valence-electron chi connectivity index (χ0n) is 11.0. The third-order valence-corrected chi connectivity index (χ3v) is 4.67. The summed E-state index contributed by atoms with van der Waals surface area (Å²) in [7, 11) is 0. The van der Waals surface area contributed by atoms with E-state index in [4.69, 9.17) is 4.42 Å². The fourth-order valence-corrected chi connectivity index (χ4v) is 3.67. The topological polar surface area (TPSA) is 28.9 Å². The Morgan fingerprint density at radius 3 is 2.52 bits per heavy atom. The Hall–Kier alpha value is -2.26. The number of H-pyrrole nitrogens is 1. The number of rotatable bonds is 0. The van der Waals surface area contributed by atoms with Crippen LogP contribution in [0.5, 0.6) is 0 Å². The van der Waals surface area contributed by atoms with Crippen molar-refractivity contribution in [2.75, 3.05) is 0 Å². The number of hydrogen-bond donors (Lipinski definition) is 1. The minimum Gasteiger partial charge on any atom is -0.455 e. The largest absolute Gasteiger partial charge is 0.455 e. The predicted octanol–water partition coefficient (Wildman–Crippen LogP) is 5.98. The first-order valence-electron chi connectivity index (χ1n) is 6.83. The number of aromatic nitrogens is 1. The molecular formula is C18H10BrNO. The molecule has 0 bridgehead atoms. The fraction of sp³-hybridized carbons (Fsp3) is 0. The number of halogens is 1. The molecule has 0 aliphatic carbocycles. The van der Waals surface area contributed by atoms with Crippen molar-refractivity contribution in [3.05, 3.63) is 59.1 Å². The number of benzene rings is 3. The van der Waals surface area contributed by atoms with Crippen LogP contribution < -0.4 is 0 Å². The molecule has 0 fully saturated rings. The zero-order chi connectivity index (χ0) is 14.0. The standard InChI is InChI=1S/C18H10BrNO/c19-13-9-12-10-5-1-3-7-14(10)20-17(12)16-11-6-2-4-8-15(11)21-18(13)16/h1-9,20H. The Labute approximate surface area is 128 Å². The summed E-state index contributed by atoms with van der Waals surface area (Å²) >= 11 is 3.66. The first-order chi connectivity index (χ1) is 10.3. The Morgan fingerprint density at radius 1 is 0.857 bits per heavy atom. The van der Waals surface area contributed by atoms with Gasteiger partial charge in [0.25, 0.3) is 0 Å². The lowest BCUT2D eigenvalue weighted by Gasteiger charge is -1.97. The van der Waals surface area contributed by atoms with Gasteiger partial charge in [0.2, 0.25) is 0 Å². The van der Waals surface area contributed by atoms with E-state index in [9.17, 15) is 0 Å². The van der Waals surface area contributed by atoms with Gasteiger partial charge in [-0.2, -0.15) is 0 Å². The van der Waals surface area contributed by atoms with Crippen LogP contribution in [0, 0.1) is 0 Å². The van der Waals surface area contributed by atoms with Crippen molar-refractivity contribution in [1.82, 2.24) is 4.98 Å². The lowest BCUT2D eigenvalue weighted by atomic mass is 10.1. The molecule has 1 N–H and O–H groups in total. The van der Waals surface area contributed by atoms with Gasteiger partial charge in [0.15, 0.2) is 5.58 Å². The number of para-hydroxylation sites is 2. The molecule has 0 amide bonds. The molecule has 0 aliphatic rings. The average Bonchev–Trinajstić information content (AvgIpc) is 3.06. The summed E-state index contributed by atoms with van der Waals surface area (Å²) in [6.45, 7) is 0. The Morgan fingerprint density at radius 2 is 1.62 bits per heavy atom. The zero-order valence-corrected chi connectivity index (χ0v) is 12.6. The molecule has 5 rings (SSSR count). The quantitative estimate of drug-likeness (QED) is 0.370. The summed E-state index contributed by atoms with van der Waals surface area (Å²) in [6.07, 6.45) is 0. The SMILES string of the molecule is Brc1cc2c3ccccc3[nH]c2c2c1oc1ccccc12. The van der Waals surface area contributed by atoms with Gasteiger partial charge in [-0.15, -0.1) is 0 Å². The van der Waals surface area contributed by atoms with Crippen LogP contribution in [0.3, 0.4) is 0 Å². The Balaban J connectivity index is 2.17. The first-order valence-corrected chi connectivity index (χ1v) is 7.62. The van der Waals surface area contributed by atoms with E-state index in [1.54, 1.807) is 0 Å². The highest BCUT2D eigenvalue weighted by atomic mass is 79.9. The van der Waals surface area contributed by atoms with Gasteiger partial charge < -0.3 is 9.40 Å². The van der Waals surface area contributed by atoms with E-state index >= 15 is 0 Å². The molecule has 0 radical (unpaired) electrons. The van der Waals surface area contributed by atoms with E-state index in [1.807, 2.05) is 18.2 Å². The maximum absolute atomic E-state index is 6.02. The average molecular weight is 336 g/mol. The van der Waals surface area contributed by atoms with E-state index in [0.29, 0.717) is 0 Å². The van der Waals surface area contributed by atoms with Gasteiger partial charge in [-0.05, 0) is 34.1 Å². The minimum atomic E-state index is 0.898. The van der Waals surface area contributed by atoms with Crippen molar-refractivity contribution in [2.45, 2.75) is 0 Å². The highest BCUT2D eigenvalue weighted by molar-refractivity contribution is 9.10. The van der Waals surface area contributed by atoms with Crippen LogP contribution in [-0.2, 0) is 0 Å². The smallest absolute Gasteiger partial charge is 0.151 e. The van der Waals surface area contributed by atoms with Crippen LogP contribution in [0.15, 0.2) is 63.5 Å². The summed E-state index contributed by atoms with van der Waals surface area (Å²) in [6, 6.07) is 18.7. The molecule has 0 aliphatic heterocycles. The van der Waals surface area contributed by atoms with Gasteiger partial charge in [0.1, 0.15) is 5.58 Å². The van der Waals surface area contributed by atoms with Gasteiger partial charge in [-0.25, -0.2) is 0 Å². The van der Waals surface area contributed by atoms with Crippen LogP contribution in [-0.4, -0.2) is 4.98 Å². The molecule has 5 aromatic rings. The first kappa shape index (κ1) is 11.4. The van der Waals surface area contributed by atoms with Crippen molar-refractivity contribution in [3.63, 3.8) is 0 Å². The lowest BCUT2D eigenvalue weighted by molar-refractivity contribution is 0.667. The Kier molecular flexibility index (Phi) is 2.11. The minimum absolute atomic E-state index is 0.898. The maximum atomic E-state index is 6.02. The summed E-state index contributed by atoms with van der Waals surface area (Å²) < 4.78 is 7.01. The summed E-state index contributed by atoms with van der Waals surface area (Å²) in [5.41, 5.74) is 4.10. The van der Waals surface area contributed by atoms with Gasteiger partial charge in [-0.3, -0.25) is 0 Å². The van der Waals surface area contributed by atoms with Crippen LogP contribution in [0.1, 0.15) is 0 Å². The highest BCUT2D eigenvalue weighted by Gasteiger charge is 2.16. The third-order valence-electron chi connectivity index (χ3n) is 4.08. The number of nitrogens with one attached hydrogen (secondary N) is 1. The third kappa shape index (κ3) is 1.41. The molecule has 2 aromatic heterocycles. The van der Waals surface area contributed by atoms with Crippen LogP contribution in [0.4, 0.5) is 0 Å². The molecule has 100 valence electrons. The normalized spacial score (nSPS) is 12.0. The van der Waals surface area contributed by atoms with E-state index in [0.717, 1.165) is 37.4 Å². The molecular weight excluding hydrogens is 326 g/mol. The van der Waals surface area contributed by atoms with Gasteiger partial charge in [0, 0.05) is 21.7 Å². The van der Waals surface area contributed by atoms with Gasteiger partial charge in [0.05, 0.1) is 15.4 Å². The molecule has 2 heterocycles. The molecule has 2 nitrogen and oxygen atoms in total. The second-order valence-electron chi connectivity index (χ2n) is 5.25. The van der Waals surface area contributed by atoms with E-state index < -0.39 is 0 Å². The monoisotopic (exact) mass is 335 g/mol. The van der Waals surface area contributed by atoms with Crippen LogP contribution >= 0.6 is 15.9 Å². The highest BCUT2D eigenvalue weighted by Crippen LogP contribution is 2.40. The second-order valence-corrected chi connectivity index (χ2v) is 6.11. The van der Waals surface area contributed by atoms with Crippen molar-refractivity contribution >= 4 is 59.7 Å². The lowest BCUT2D eigenvalue weighted by Crippen LogP contribution is -1.73. The molecule has 21 heavy (non-hydrogen) atoms. The maximum Gasteiger partial charge on any atom is 0.151 e. The molecule has 0 saturated heterocycles. The summed E-state index contributed by atoms with van der Waals surface area (Å²) in [5.74, 6) is 0. The number of fused-ring (bicyclic) bond motifs is 7. The van der Waals surface area contributed by atoms with Crippen molar-refractivity contribution < 1.29 is 4.42 Å². The molecule has 0 atom stereocenters. The number of aromatic amines is 1. The predicted molar refractivity (Wildman–Crippen MR) is 90.8 cm³/mol. The fourth-order valence-electron chi connectivity index (χ4n) is 3.16. The molecule has 0 unspecified atom stereocenters. The van der Waals surface area contributed by atoms with Gasteiger partial charge in [-0.1, -0.05) is 36.4 Å². The molecule has 3 aromatic carbocycles. The molecule has 3 heteroatoms.